The van der Waals surface area contributed by atoms with Crippen LogP contribution in [0.3, 0.4) is 0 Å². The third kappa shape index (κ3) is 3.94. The molecule has 1 amide bonds. The number of piperidine rings is 1. The highest BCUT2D eigenvalue weighted by Gasteiger charge is 2.25. The lowest BCUT2D eigenvalue weighted by Crippen LogP contribution is -2.45. The van der Waals surface area contributed by atoms with Crippen LogP contribution in [0.4, 0.5) is 0 Å². The smallest absolute Gasteiger partial charge is 0.251 e. The van der Waals surface area contributed by atoms with Crippen molar-refractivity contribution in [3.05, 3.63) is 28.7 Å². The van der Waals surface area contributed by atoms with Crippen LogP contribution >= 0.6 is 15.9 Å². The number of benzene rings is 1. The minimum Gasteiger partial charge on any atom is -0.490 e. The highest BCUT2D eigenvalue weighted by molar-refractivity contribution is 9.10. The van der Waals surface area contributed by atoms with Crippen molar-refractivity contribution in [2.75, 3.05) is 13.1 Å². The maximum Gasteiger partial charge on any atom is 0.251 e. The number of likely N-dealkylation sites (tertiary alicyclic amines) is 1. The number of carbonyl (C=O) groups excluding carboxylic acids is 1. The molecule has 104 valence electrons. The van der Waals surface area contributed by atoms with Gasteiger partial charge in [0.05, 0.1) is 0 Å². The van der Waals surface area contributed by atoms with Gasteiger partial charge < -0.3 is 14.7 Å². The second-order valence-electron chi connectivity index (χ2n) is 4.78. The lowest BCUT2D eigenvalue weighted by atomic mass is 10.1. The number of amides is 1. The van der Waals surface area contributed by atoms with Gasteiger partial charge in [-0.1, -0.05) is 22.0 Å². The van der Waals surface area contributed by atoms with Gasteiger partial charge in [-0.15, -0.1) is 0 Å². The van der Waals surface area contributed by atoms with Crippen molar-refractivity contribution in [1.82, 2.24) is 4.90 Å². The Balaban J connectivity index is 1.85. The van der Waals surface area contributed by atoms with Crippen LogP contribution in [0.5, 0.6) is 5.75 Å². The van der Waals surface area contributed by atoms with Crippen LogP contribution in [0.15, 0.2) is 28.7 Å². The molecule has 0 unspecified atom stereocenters. The average molecular weight is 328 g/mol. The van der Waals surface area contributed by atoms with E-state index in [-0.39, 0.29) is 12.0 Å². The SMILES string of the molecule is C[C@@H](O)C(=O)N1CCC(Oc2cccc(Br)c2)CC1. The molecule has 0 spiro atoms. The Hall–Kier alpha value is -1.07. The number of carbonyl (C=O) groups is 1. The van der Waals surface area contributed by atoms with E-state index in [1.807, 2.05) is 24.3 Å². The molecule has 2 rings (SSSR count). The van der Waals surface area contributed by atoms with E-state index in [0.29, 0.717) is 13.1 Å². The molecule has 1 aromatic rings. The third-order valence-corrected chi connectivity index (χ3v) is 3.70. The second-order valence-corrected chi connectivity index (χ2v) is 5.69. The predicted octanol–water partition coefficient (Wildman–Crippen LogP) is 2.20. The van der Waals surface area contributed by atoms with E-state index in [0.717, 1.165) is 23.1 Å². The number of rotatable bonds is 3. The molecule has 4 nitrogen and oxygen atoms in total. The van der Waals surface area contributed by atoms with Crippen molar-refractivity contribution in [3.63, 3.8) is 0 Å². The van der Waals surface area contributed by atoms with Crippen LogP contribution in [0.1, 0.15) is 19.8 Å². The van der Waals surface area contributed by atoms with Crippen LogP contribution in [-0.2, 0) is 4.79 Å². The van der Waals surface area contributed by atoms with Crippen LogP contribution in [0.25, 0.3) is 0 Å². The van der Waals surface area contributed by atoms with Crippen molar-refractivity contribution in [2.24, 2.45) is 0 Å². The zero-order valence-electron chi connectivity index (χ0n) is 10.9. The van der Waals surface area contributed by atoms with Gasteiger partial charge in [0, 0.05) is 30.4 Å². The molecule has 5 heteroatoms. The fraction of sp³-hybridized carbons (Fsp3) is 0.500. The van der Waals surface area contributed by atoms with Gasteiger partial charge in [-0.05, 0) is 25.1 Å². The molecule has 1 heterocycles. The zero-order valence-corrected chi connectivity index (χ0v) is 12.5. The maximum atomic E-state index is 11.6. The molecule has 1 atom stereocenters. The standard InChI is InChI=1S/C14H18BrNO3/c1-10(17)14(18)16-7-5-12(6-8-16)19-13-4-2-3-11(15)9-13/h2-4,9-10,12,17H,5-8H2,1H3/t10-/m1/s1. The lowest BCUT2D eigenvalue weighted by molar-refractivity contribution is -0.141. The summed E-state index contributed by atoms with van der Waals surface area (Å²) in [4.78, 5) is 13.3. The van der Waals surface area contributed by atoms with Crippen LogP contribution in [0.2, 0.25) is 0 Å². The first kappa shape index (κ1) is 14.3. The van der Waals surface area contributed by atoms with Crippen molar-refractivity contribution >= 4 is 21.8 Å². The highest BCUT2D eigenvalue weighted by atomic mass is 79.9. The Morgan fingerprint density at radius 2 is 2.16 bits per heavy atom. The highest BCUT2D eigenvalue weighted by Crippen LogP contribution is 2.22. The average Bonchev–Trinajstić information content (AvgIpc) is 2.39. The molecule has 1 aromatic carbocycles. The molecule has 0 bridgehead atoms. The lowest BCUT2D eigenvalue weighted by Gasteiger charge is -2.32. The maximum absolute atomic E-state index is 11.6. The minimum absolute atomic E-state index is 0.132. The van der Waals surface area contributed by atoms with Crippen molar-refractivity contribution in [3.8, 4) is 5.75 Å². The normalized spacial score (nSPS) is 18.2. The van der Waals surface area contributed by atoms with E-state index in [9.17, 15) is 9.90 Å². The van der Waals surface area contributed by atoms with Crippen molar-refractivity contribution < 1.29 is 14.6 Å². The van der Waals surface area contributed by atoms with Crippen molar-refractivity contribution in [2.45, 2.75) is 32.0 Å². The first-order valence-corrected chi connectivity index (χ1v) is 7.24. The Morgan fingerprint density at radius 3 is 2.74 bits per heavy atom. The number of aliphatic hydroxyl groups is 1. The molecule has 19 heavy (non-hydrogen) atoms. The fourth-order valence-electron chi connectivity index (χ4n) is 2.19. The molecule has 1 aliphatic heterocycles. The van der Waals surface area contributed by atoms with Gasteiger partial charge in [0.15, 0.2) is 0 Å². The summed E-state index contributed by atoms with van der Waals surface area (Å²) in [6.45, 7) is 2.79. The fourth-order valence-corrected chi connectivity index (χ4v) is 2.57. The van der Waals surface area contributed by atoms with Gasteiger partial charge in [0.2, 0.25) is 0 Å². The summed E-state index contributed by atoms with van der Waals surface area (Å²) in [6.07, 6.45) is 0.811. The van der Waals surface area contributed by atoms with Gasteiger partial charge in [-0.2, -0.15) is 0 Å². The molecule has 0 aromatic heterocycles. The summed E-state index contributed by atoms with van der Waals surface area (Å²) < 4.78 is 6.89. The van der Waals surface area contributed by atoms with Crippen LogP contribution in [-0.4, -0.2) is 41.2 Å². The van der Waals surface area contributed by atoms with E-state index >= 15 is 0 Å². The van der Waals surface area contributed by atoms with Gasteiger partial charge >= 0.3 is 0 Å². The van der Waals surface area contributed by atoms with E-state index in [2.05, 4.69) is 15.9 Å². The summed E-state index contributed by atoms with van der Waals surface area (Å²) in [6, 6.07) is 7.76. The molecule has 1 saturated heterocycles. The van der Waals surface area contributed by atoms with E-state index < -0.39 is 6.10 Å². The van der Waals surface area contributed by atoms with Crippen molar-refractivity contribution in [1.29, 1.82) is 0 Å². The third-order valence-electron chi connectivity index (χ3n) is 3.21. The van der Waals surface area contributed by atoms with E-state index in [4.69, 9.17) is 4.74 Å². The van der Waals surface area contributed by atoms with E-state index in [1.165, 1.54) is 6.92 Å². The molecule has 0 saturated carbocycles. The zero-order chi connectivity index (χ0) is 13.8. The van der Waals surface area contributed by atoms with E-state index in [1.54, 1.807) is 4.90 Å². The predicted molar refractivity (Wildman–Crippen MR) is 76.1 cm³/mol. The topological polar surface area (TPSA) is 49.8 Å². The summed E-state index contributed by atoms with van der Waals surface area (Å²) in [7, 11) is 0. The molecule has 0 radical (unpaired) electrons. The number of aliphatic hydroxyl groups excluding tert-OH is 1. The minimum atomic E-state index is -0.914. The first-order valence-electron chi connectivity index (χ1n) is 6.45. The Bertz CT molecular complexity index is 442. The number of hydrogen-bond donors (Lipinski definition) is 1. The summed E-state index contributed by atoms with van der Waals surface area (Å²) in [5.74, 6) is 0.649. The van der Waals surface area contributed by atoms with Crippen LogP contribution < -0.4 is 4.74 Å². The Labute approximate surface area is 121 Å². The summed E-state index contributed by atoms with van der Waals surface area (Å²) >= 11 is 3.41. The molecule has 1 aliphatic rings. The summed E-state index contributed by atoms with van der Waals surface area (Å²) in [5, 5.41) is 9.28. The summed E-state index contributed by atoms with van der Waals surface area (Å²) in [5.41, 5.74) is 0. The molecular formula is C14H18BrNO3. The van der Waals surface area contributed by atoms with Gasteiger partial charge in [-0.3, -0.25) is 4.79 Å². The molecule has 1 fully saturated rings. The van der Waals surface area contributed by atoms with Gasteiger partial charge in [0.1, 0.15) is 18.0 Å². The van der Waals surface area contributed by atoms with Gasteiger partial charge in [-0.25, -0.2) is 0 Å². The number of ether oxygens (including phenoxy) is 1. The van der Waals surface area contributed by atoms with Gasteiger partial charge in [0.25, 0.3) is 5.91 Å². The first-order chi connectivity index (χ1) is 9.06. The number of hydrogen-bond acceptors (Lipinski definition) is 3. The number of nitrogens with zero attached hydrogens (tertiary/aromatic N) is 1. The Kier molecular flexibility index (Phi) is 4.82. The monoisotopic (exact) mass is 327 g/mol. The quantitative estimate of drug-likeness (QED) is 0.925. The number of halogens is 1. The Morgan fingerprint density at radius 1 is 1.47 bits per heavy atom. The van der Waals surface area contributed by atoms with Crippen LogP contribution in [0, 0.1) is 0 Å². The second kappa shape index (κ2) is 6.39. The molecule has 1 N–H and O–H groups in total. The molecule has 0 aliphatic carbocycles. The molecular weight excluding hydrogens is 310 g/mol. The largest absolute Gasteiger partial charge is 0.490 e.